The van der Waals surface area contributed by atoms with Crippen LogP contribution in [-0.4, -0.2) is 30.4 Å². The molecule has 2 aromatic carbocycles. The molecule has 0 saturated heterocycles. The van der Waals surface area contributed by atoms with Crippen LogP contribution >= 0.6 is 0 Å². The summed E-state index contributed by atoms with van der Waals surface area (Å²) < 4.78 is 0. The zero-order valence-electron chi connectivity index (χ0n) is 17.3. The number of amides is 1. The Hall–Kier alpha value is -2.13. The molecule has 27 heavy (non-hydrogen) atoms. The molecule has 1 aliphatic carbocycles. The summed E-state index contributed by atoms with van der Waals surface area (Å²) in [7, 11) is 4.30. The van der Waals surface area contributed by atoms with Crippen molar-refractivity contribution in [2.45, 2.75) is 58.0 Å². The van der Waals surface area contributed by atoms with Crippen molar-refractivity contribution in [3.05, 3.63) is 70.3 Å². The summed E-state index contributed by atoms with van der Waals surface area (Å²) in [5, 5.41) is 3.44. The van der Waals surface area contributed by atoms with Crippen LogP contribution in [0.3, 0.4) is 0 Å². The lowest BCUT2D eigenvalue weighted by molar-refractivity contribution is 0.0765. The van der Waals surface area contributed by atoms with Gasteiger partial charge in [-0.2, -0.15) is 0 Å². The molecule has 2 aromatic rings. The van der Waals surface area contributed by atoms with Crippen LogP contribution in [0, 0.1) is 20.8 Å². The van der Waals surface area contributed by atoms with E-state index in [-0.39, 0.29) is 17.5 Å². The van der Waals surface area contributed by atoms with E-state index in [1.54, 1.807) is 0 Å². The summed E-state index contributed by atoms with van der Waals surface area (Å²) in [4.78, 5) is 15.7. The van der Waals surface area contributed by atoms with E-state index in [1.807, 2.05) is 32.0 Å². The Morgan fingerprint density at radius 3 is 2.15 bits per heavy atom. The molecular weight excluding hydrogens is 332 g/mol. The highest BCUT2D eigenvalue weighted by atomic mass is 16.1. The molecule has 0 aliphatic heterocycles. The van der Waals surface area contributed by atoms with Gasteiger partial charge in [0.2, 0.25) is 0 Å². The van der Waals surface area contributed by atoms with Crippen LogP contribution in [-0.2, 0) is 0 Å². The van der Waals surface area contributed by atoms with Crippen molar-refractivity contribution < 1.29 is 4.79 Å². The number of carbonyl (C=O) groups excluding carboxylic acids is 1. The first kappa shape index (κ1) is 19.6. The Kier molecular flexibility index (Phi) is 5.71. The molecule has 1 atom stereocenters. The fourth-order valence-corrected chi connectivity index (χ4v) is 4.73. The SMILES string of the molecule is Cc1cccc(C(NC(=O)c2c(C)cccc2C)C2(N(C)C)CCCC2)c1. The van der Waals surface area contributed by atoms with Crippen molar-refractivity contribution in [2.24, 2.45) is 0 Å². The summed E-state index contributed by atoms with van der Waals surface area (Å²) in [5.41, 5.74) is 5.25. The van der Waals surface area contributed by atoms with Crippen LogP contribution in [0.1, 0.15) is 64.3 Å². The Labute approximate surface area is 163 Å². The first-order valence-electron chi connectivity index (χ1n) is 9.96. The Balaban J connectivity index is 2.04. The van der Waals surface area contributed by atoms with Crippen molar-refractivity contribution in [1.29, 1.82) is 0 Å². The minimum atomic E-state index is -0.0416. The van der Waals surface area contributed by atoms with Gasteiger partial charge in [0.1, 0.15) is 0 Å². The summed E-state index contributed by atoms with van der Waals surface area (Å²) in [5.74, 6) is 0.0326. The first-order chi connectivity index (χ1) is 12.8. The van der Waals surface area contributed by atoms with E-state index >= 15 is 0 Å². The number of hydrogen-bond donors (Lipinski definition) is 1. The van der Waals surface area contributed by atoms with Crippen LogP contribution in [0.5, 0.6) is 0 Å². The maximum atomic E-state index is 13.3. The third-order valence-corrected chi connectivity index (χ3v) is 6.26. The van der Waals surface area contributed by atoms with Crippen LogP contribution < -0.4 is 5.32 Å². The highest BCUT2D eigenvalue weighted by molar-refractivity contribution is 5.97. The van der Waals surface area contributed by atoms with E-state index < -0.39 is 0 Å². The van der Waals surface area contributed by atoms with Gasteiger partial charge in [-0.1, -0.05) is 60.9 Å². The summed E-state index contributed by atoms with van der Waals surface area (Å²) in [6.07, 6.45) is 4.62. The Morgan fingerprint density at radius 2 is 1.59 bits per heavy atom. The molecule has 1 fully saturated rings. The average molecular weight is 365 g/mol. The first-order valence-corrected chi connectivity index (χ1v) is 9.96. The van der Waals surface area contributed by atoms with Gasteiger partial charge in [0.15, 0.2) is 0 Å². The molecular formula is C24H32N2O. The topological polar surface area (TPSA) is 32.3 Å². The minimum Gasteiger partial charge on any atom is -0.343 e. The van der Waals surface area contributed by atoms with Gasteiger partial charge in [0, 0.05) is 11.1 Å². The zero-order valence-corrected chi connectivity index (χ0v) is 17.3. The van der Waals surface area contributed by atoms with Gasteiger partial charge in [0.25, 0.3) is 5.91 Å². The van der Waals surface area contributed by atoms with Crippen LogP contribution in [0.25, 0.3) is 0 Å². The highest BCUT2D eigenvalue weighted by Crippen LogP contribution is 2.43. The van der Waals surface area contributed by atoms with E-state index in [2.05, 4.69) is 55.5 Å². The van der Waals surface area contributed by atoms with Gasteiger partial charge >= 0.3 is 0 Å². The molecule has 0 spiro atoms. The number of nitrogens with one attached hydrogen (secondary N) is 1. The number of hydrogen-bond acceptors (Lipinski definition) is 2. The maximum absolute atomic E-state index is 13.3. The Morgan fingerprint density at radius 1 is 1.00 bits per heavy atom. The molecule has 144 valence electrons. The molecule has 0 radical (unpaired) electrons. The van der Waals surface area contributed by atoms with Gasteiger partial charge in [-0.3, -0.25) is 4.79 Å². The highest BCUT2D eigenvalue weighted by Gasteiger charge is 2.44. The van der Waals surface area contributed by atoms with E-state index in [0.29, 0.717) is 0 Å². The predicted molar refractivity (Wildman–Crippen MR) is 112 cm³/mol. The third kappa shape index (κ3) is 3.79. The second-order valence-electron chi connectivity index (χ2n) is 8.29. The van der Waals surface area contributed by atoms with Gasteiger partial charge in [0.05, 0.1) is 6.04 Å². The molecule has 0 aromatic heterocycles. The molecule has 0 bridgehead atoms. The van der Waals surface area contributed by atoms with Gasteiger partial charge in [-0.15, -0.1) is 0 Å². The van der Waals surface area contributed by atoms with E-state index in [0.717, 1.165) is 29.5 Å². The summed E-state index contributed by atoms with van der Waals surface area (Å²) in [6, 6.07) is 14.6. The van der Waals surface area contributed by atoms with E-state index in [4.69, 9.17) is 0 Å². The summed E-state index contributed by atoms with van der Waals surface area (Å²) >= 11 is 0. The minimum absolute atomic E-state index is 0.0265. The van der Waals surface area contributed by atoms with Gasteiger partial charge in [-0.05, 0) is 64.4 Å². The van der Waals surface area contributed by atoms with Crippen LogP contribution in [0.2, 0.25) is 0 Å². The second-order valence-corrected chi connectivity index (χ2v) is 8.29. The fourth-order valence-electron chi connectivity index (χ4n) is 4.73. The molecule has 0 heterocycles. The molecule has 1 saturated carbocycles. The van der Waals surface area contributed by atoms with Crippen LogP contribution in [0.15, 0.2) is 42.5 Å². The van der Waals surface area contributed by atoms with Crippen LogP contribution in [0.4, 0.5) is 0 Å². The molecule has 1 aliphatic rings. The number of nitrogens with zero attached hydrogens (tertiary/aromatic N) is 1. The van der Waals surface area contributed by atoms with Crippen molar-refractivity contribution in [2.75, 3.05) is 14.1 Å². The standard InChI is InChI=1S/C24H32N2O/c1-17-10-8-13-20(16-17)22(24(26(4)5)14-6-7-15-24)25-23(27)21-18(2)11-9-12-19(21)3/h8-13,16,22H,6-7,14-15H2,1-5H3,(H,25,27). The normalized spacial score (nSPS) is 17.1. The van der Waals surface area contributed by atoms with E-state index in [1.165, 1.54) is 24.0 Å². The van der Waals surface area contributed by atoms with Gasteiger partial charge < -0.3 is 10.2 Å². The lowest BCUT2D eigenvalue weighted by Crippen LogP contribution is -2.53. The number of likely N-dealkylation sites (N-methyl/N-ethyl adjacent to an activating group) is 1. The zero-order chi connectivity index (χ0) is 19.6. The number of aryl methyl sites for hydroxylation is 3. The average Bonchev–Trinajstić information content (AvgIpc) is 3.10. The monoisotopic (exact) mass is 364 g/mol. The predicted octanol–water partition coefficient (Wildman–Crippen LogP) is 4.96. The molecule has 3 heteroatoms. The lowest BCUT2D eigenvalue weighted by Gasteiger charge is -2.44. The van der Waals surface area contributed by atoms with E-state index in [9.17, 15) is 4.79 Å². The van der Waals surface area contributed by atoms with Crippen molar-refractivity contribution in [3.8, 4) is 0 Å². The Bertz CT molecular complexity index is 799. The smallest absolute Gasteiger partial charge is 0.252 e. The summed E-state index contributed by atoms with van der Waals surface area (Å²) in [6.45, 7) is 6.15. The van der Waals surface area contributed by atoms with Crippen molar-refractivity contribution in [1.82, 2.24) is 10.2 Å². The van der Waals surface area contributed by atoms with Crippen molar-refractivity contribution in [3.63, 3.8) is 0 Å². The largest absolute Gasteiger partial charge is 0.343 e. The fraction of sp³-hybridized carbons (Fsp3) is 0.458. The molecule has 1 unspecified atom stereocenters. The molecule has 3 nitrogen and oxygen atoms in total. The molecule has 1 amide bonds. The number of benzene rings is 2. The lowest BCUT2D eigenvalue weighted by atomic mass is 9.81. The third-order valence-electron chi connectivity index (χ3n) is 6.26. The van der Waals surface area contributed by atoms with Crippen molar-refractivity contribution >= 4 is 5.91 Å². The second kappa shape index (κ2) is 7.85. The number of rotatable bonds is 5. The molecule has 3 rings (SSSR count). The maximum Gasteiger partial charge on any atom is 0.252 e. The van der Waals surface area contributed by atoms with Gasteiger partial charge in [-0.25, -0.2) is 0 Å². The number of carbonyl (C=O) groups is 1. The quantitative estimate of drug-likeness (QED) is 0.813. The molecule has 1 N–H and O–H groups in total.